The Hall–Kier alpha value is -1.26. The van der Waals surface area contributed by atoms with E-state index in [1.807, 2.05) is 25.1 Å². The molecular weight excluding hydrogens is 216 g/mol. The fourth-order valence-electron chi connectivity index (χ4n) is 1.73. The van der Waals surface area contributed by atoms with E-state index in [1.165, 1.54) is 6.92 Å². The van der Waals surface area contributed by atoms with Gasteiger partial charge in [-0.1, -0.05) is 13.0 Å². The summed E-state index contributed by atoms with van der Waals surface area (Å²) in [6.07, 6.45) is 3.35. The zero-order chi connectivity index (χ0) is 12.9. The highest BCUT2D eigenvalue weighted by Crippen LogP contribution is 2.22. The Balaban J connectivity index is 2.60. The van der Waals surface area contributed by atoms with E-state index >= 15 is 0 Å². The molecule has 0 bridgehead atoms. The van der Waals surface area contributed by atoms with Crippen molar-refractivity contribution in [3.63, 3.8) is 0 Å². The first-order valence-electron chi connectivity index (χ1n) is 5.83. The fourth-order valence-corrected chi connectivity index (χ4v) is 1.73. The molecule has 0 aliphatic rings. The van der Waals surface area contributed by atoms with Gasteiger partial charge in [0, 0.05) is 11.9 Å². The molecule has 0 aromatic carbocycles. The lowest BCUT2D eigenvalue weighted by atomic mass is 9.81. The van der Waals surface area contributed by atoms with Gasteiger partial charge in [0.1, 0.15) is 5.54 Å². The van der Waals surface area contributed by atoms with Crippen LogP contribution in [0.4, 0.5) is 0 Å². The van der Waals surface area contributed by atoms with Crippen LogP contribution in [0.25, 0.3) is 0 Å². The minimum atomic E-state index is -0.880. The van der Waals surface area contributed by atoms with Gasteiger partial charge in [-0.05, 0) is 44.7 Å². The van der Waals surface area contributed by atoms with Gasteiger partial charge < -0.3 is 5.21 Å². The number of rotatable bonds is 6. The monoisotopic (exact) mass is 236 g/mol. The van der Waals surface area contributed by atoms with Crippen LogP contribution in [0.3, 0.4) is 0 Å². The number of aryl methyl sites for hydroxylation is 1. The van der Waals surface area contributed by atoms with Crippen molar-refractivity contribution in [1.82, 2.24) is 10.5 Å². The molecule has 2 atom stereocenters. The topological polar surface area (TPSA) is 62.2 Å². The van der Waals surface area contributed by atoms with E-state index in [0.717, 1.165) is 18.5 Å². The summed E-state index contributed by atoms with van der Waals surface area (Å²) < 4.78 is 0. The molecule has 0 saturated heterocycles. The van der Waals surface area contributed by atoms with Crippen molar-refractivity contribution in [3.05, 3.63) is 30.1 Å². The number of hydroxylamine groups is 1. The molecule has 0 aliphatic heterocycles. The second-order valence-electron chi connectivity index (χ2n) is 4.63. The van der Waals surface area contributed by atoms with Crippen molar-refractivity contribution in [2.75, 3.05) is 0 Å². The Morgan fingerprint density at radius 1 is 1.59 bits per heavy atom. The summed E-state index contributed by atoms with van der Waals surface area (Å²) in [4.78, 5) is 15.7. The molecule has 2 unspecified atom stereocenters. The fraction of sp³-hybridized carbons (Fsp3) is 0.538. The van der Waals surface area contributed by atoms with E-state index < -0.39 is 5.54 Å². The van der Waals surface area contributed by atoms with Crippen molar-refractivity contribution >= 4 is 5.78 Å². The Labute approximate surface area is 102 Å². The molecule has 1 aromatic rings. The summed E-state index contributed by atoms with van der Waals surface area (Å²) in [6, 6.07) is 5.79. The first-order chi connectivity index (χ1) is 8.00. The maximum atomic E-state index is 11.5. The van der Waals surface area contributed by atoms with Gasteiger partial charge in [-0.2, -0.15) is 5.48 Å². The molecule has 0 aliphatic carbocycles. The molecule has 0 spiro atoms. The lowest BCUT2D eigenvalue weighted by molar-refractivity contribution is -0.129. The number of hydrogen-bond donors (Lipinski definition) is 2. The van der Waals surface area contributed by atoms with E-state index in [9.17, 15) is 4.79 Å². The second kappa shape index (κ2) is 5.89. The number of Topliss-reactive ketones (excluding diaryl/α,β-unsaturated/α-hetero) is 1. The van der Waals surface area contributed by atoms with E-state index in [1.54, 1.807) is 13.1 Å². The molecule has 4 heteroatoms. The molecule has 0 fully saturated rings. The molecular formula is C13H20N2O2. The number of ketones is 1. The second-order valence-corrected chi connectivity index (χ2v) is 4.63. The first-order valence-corrected chi connectivity index (χ1v) is 5.83. The largest absolute Gasteiger partial charge is 0.316 e. The smallest absolute Gasteiger partial charge is 0.152 e. The highest BCUT2D eigenvalue weighted by molar-refractivity contribution is 5.85. The predicted molar refractivity (Wildman–Crippen MR) is 65.7 cm³/mol. The molecule has 17 heavy (non-hydrogen) atoms. The molecule has 0 amide bonds. The number of nitrogens with zero attached hydrogens (tertiary/aromatic N) is 1. The quantitative estimate of drug-likeness (QED) is 0.741. The van der Waals surface area contributed by atoms with Crippen LogP contribution in [0.2, 0.25) is 0 Å². The molecule has 1 aromatic heterocycles. The van der Waals surface area contributed by atoms with Crippen LogP contribution in [0, 0.1) is 5.92 Å². The van der Waals surface area contributed by atoms with E-state index in [2.05, 4.69) is 10.5 Å². The summed E-state index contributed by atoms with van der Waals surface area (Å²) in [7, 11) is 0. The van der Waals surface area contributed by atoms with Gasteiger partial charge in [0.05, 0.1) is 0 Å². The molecule has 2 N–H and O–H groups in total. The molecule has 0 radical (unpaired) electrons. The average molecular weight is 236 g/mol. The maximum absolute atomic E-state index is 11.5. The lowest BCUT2D eigenvalue weighted by Gasteiger charge is -2.31. The van der Waals surface area contributed by atoms with Crippen LogP contribution in [-0.2, 0) is 11.2 Å². The average Bonchev–Trinajstić information content (AvgIpc) is 2.35. The minimum absolute atomic E-state index is 0.0343. The van der Waals surface area contributed by atoms with Gasteiger partial charge >= 0.3 is 0 Å². The van der Waals surface area contributed by atoms with Crippen LogP contribution in [0.15, 0.2) is 24.4 Å². The van der Waals surface area contributed by atoms with Gasteiger partial charge in [-0.15, -0.1) is 0 Å². The van der Waals surface area contributed by atoms with Gasteiger partial charge in [0.25, 0.3) is 0 Å². The Bertz CT molecular complexity index is 367. The number of aromatic nitrogens is 1. The summed E-state index contributed by atoms with van der Waals surface area (Å²) in [5, 5.41) is 9.14. The SMILES string of the molecule is CC(=O)C(C)(NO)C(C)CCc1ccccn1. The Morgan fingerprint density at radius 2 is 2.29 bits per heavy atom. The zero-order valence-electron chi connectivity index (χ0n) is 10.6. The van der Waals surface area contributed by atoms with Crippen LogP contribution >= 0.6 is 0 Å². The lowest BCUT2D eigenvalue weighted by Crippen LogP contribution is -2.52. The first kappa shape index (κ1) is 13.8. The molecule has 4 nitrogen and oxygen atoms in total. The molecule has 0 saturated carbocycles. The van der Waals surface area contributed by atoms with Gasteiger partial charge in [0.15, 0.2) is 5.78 Å². The molecule has 94 valence electrons. The summed E-state index contributed by atoms with van der Waals surface area (Å²) >= 11 is 0. The summed E-state index contributed by atoms with van der Waals surface area (Å²) in [6.45, 7) is 5.16. The number of carbonyl (C=O) groups is 1. The molecule has 1 heterocycles. The number of hydrogen-bond acceptors (Lipinski definition) is 4. The van der Waals surface area contributed by atoms with E-state index in [0.29, 0.717) is 0 Å². The minimum Gasteiger partial charge on any atom is -0.316 e. The van der Waals surface area contributed by atoms with Gasteiger partial charge in [-0.25, -0.2) is 0 Å². The van der Waals surface area contributed by atoms with Gasteiger partial charge in [-0.3, -0.25) is 9.78 Å². The van der Waals surface area contributed by atoms with E-state index in [4.69, 9.17) is 5.21 Å². The number of pyridine rings is 1. The number of carbonyl (C=O) groups excluding carboxylic acids is 1. The highest BCUT2D eigenvalue weighted by atomic mass is 16.5. The maximum Gasteiger partial charge on any atom is 0.152 e. The van der Waals surface area contributed by atoms with Crippen molar-refractivity contribution in [2.24, 2.45) is 5.92 Å². The third kappa shape index (κ3) is 3.35. The number of nitrogens with one attached hydrogen (secondary N) is 1. The van der Waals surface area contributed by atoms with Crippen LogP contribution < -0.4 is 5.48 Å². The third-order valence-electron chi connectivity index (χ3n) is 3.51. The van der Waals surface area contributed by atoms with Gasteiger partial charge in [0.2, 0.25) is 0 Å². The van der Waals surface area contributed by atoms with Crippen molar-refractivity contribution in [3.8, 4) is 0 Å². The third-order valence-corrected chi connectivity index (χ3v) is 3.51. The van der Waals surface area contributed by atoms with Crippen LogP contribution in [0.5, 0.6) is 0 Å². The Kier molecular flexibility index (Phi) is 4.78. The predicted octanol–water partition coefficient (Wildman–Crippen LogP) is 1.98. The van der Waals surface area contributed by atoms with Crippen molar-refractivity contribution < 1.29 is 10.0 Å². The highest BCUT2D eigenvalue weighted by Gasteiger charge is 2.35. The normalized spacial score (nSPS) is 16.2. The summed E-state index contributed by atoms with van der Waals surface area (Å²) in [5.41, 5.74) is 2.27. The summed E-state index contributed by atoms with van der Waals surface area (Å²) in [5.74, 6) is -0.0273. The molecule has 1 rings (SSSR count). The van der Waals surface area contributed by atoms with E-state index in [-0.39, 0.29) is 11.7 Å². The standard InChI is InChI=1S/C13H20N2O2/c1-10(13(3,15-17)11(2)16)7-8-12-6-4-5-9-14-12/h4-6,9-10,15,17H,7-8H2,1-3H3. The van der Waals surface area contributed by atoms with Crippen molar-refractivity contribution in [1.29, 1.82) is 0 Å². The zero-order valence-corrected chi connectivity index (χ0v) is 10.6. The van der Waals surface area contributed by atoms with Crippen LogP contribution in [-0.4, -0.2) is 21.5 Å². The van der Waals surface area contributed by atoms with Crippen molar-refractivity contribution in [2.45, 2.75) is 39.2 Å². The Morgan fingerprint density at radius 3 is 2.76 bits per heavy atom. The van der Waals surface area contributed by atoms with Crippen LogP contribution in [0.1, 0.15) is 32.9 Å².